The van der Waals surface area contributed by atoms with Gasteiger partial charge in [-0.1, -0.05) is 56.2 Å². The third-order valence-electron chi connectivity index (χ3n) is 11.5. The minimum Gasteiger partial charge on any atom is -0.481 e. The zero-order chi connectivity index (χ0) is 30.4. The molecule has 0 amide bonds. The molecule has 234 valence electrons. The number of ether oxygens (including phenoxy) is 4. The molecule has 6 heteroatoms. The number of hydrogen-bond donors (Lipinski definition) is 0. The van der Waals surface area contributed by atoms with E-state index in [1.807, 2.05) is 44.2 Å². The van der Waals surface area contributed by atoms with Crippen LogP contribution in [0, 0.1) is 35.5 Å². The van der Waals surface area contributed by atoms with Crippen molar-refractivity contribution in [2.45, 2.75) is 90.8 Å². The topological polar surface area (TPSA) is 71.1 Å². The van der Waals surface area contributed by atoms with Crippen LogP contribution >= 0.6 is 0 Å². The molecule has 0 radical (unpaired) electrons. The number of carbonyl (C=O) groups excluding carboxylic acids is 2. The second kappa shape index (κ2) is 12.3. The van der Waals surface area contributed by atoms with E-state index in [0.717, 1.165) is 45.4 Å². The molecule has 0 heterocycles. The van der Waals surface area contributed by atoms with Crippen LogP contribution in [-0.2, 0) is 25.5 Å². The molecule has 4 saturated carbocycles. The Morgan fingerprint density at radius 2 is 1.18 bits per heavy atom. The first-order valence-corrected chi connectivity index (χ1v) is 17.0. The summed E-state index contributed by atoms with van der Waals surface area (Å²) in [4.78, 5) is 26.0. The van der Waals surface area contributed by atoms with Crippen molar-refractivity contribution in [3.63, 3.8) is 0 Å². The Labute approximate surface area is 260 Å². The molecule has 6 nitrogen and oxygen atoms in total. The molecular weight excluding hydrogens is 552 g/mol. The molecule has 7 rings (SSSR count). The predicted molar refractivity (Wildman–Crippen MR) is 171 cm³/mol. The summed E-state index contributed by atoms with van der Waals surface area (Å²) in [6.07, 6.45) is 10.8. The van der Waals surface area contributed by atoms with E-state index in [9.17, 15) is 9.59 Å². The van der Waals surface area contributed by atoms with Crippen molar-refractivity contribution in [3.8, 4) is 11.5 Å². The smallest absolute Gasteiger partial charge is 0.344 e. The first-order chi connectivity index (χ1) is 21.4. The maximum absolute atomic E-state index is 13.0. The fraction of sp³-hybridized carbons (Fsp3) is 0.579. The average molecular weight is 599 g/mol. The molecule has 4 aliphatic carbocycles. The lowest BCUT2D eigenvalue weighted by Crippen LogP contribution is -2.30. The Morgan fingerprint density at radius 1 is 0.682 bits per heavy atom. The molecule has 44 heavy (non-hydrogen) atoms. The maximum Gasteiger partial charge on any atom is 0.344 e. The van der Waals surface area contributed by atoms with Crippen molar-refractivity contribution < 1.29 is 28.5 Å². The fourth-order valence-electron chi connectivity index (χ4n) is 9.33. The maximum atomic E-state index is 13.0. The van der Waals surface area contributed by atoms with E-state index < -0.39 is 0 Å². The van der Waals surface area contributed by atoms with Gasteiger partial charge in [0.15, 0.2) is 13.2 Å². The van der Waals surface area contributed by atoms with E-state index in [1.165, 1.54) is 51.4 Å². The number of rotatable bonds is 11. The molecule has 0 aromatic heterocycles. The summed E-state index contributed by atoms with van der Waals surface area (Å²) in [6.45, 7) is 5.87. The first kappa shape index (κ1) is 29.4. The van der Waals surface area contributed by atoms with Crippen molar-refractivity contribution in [1.29, 1.82) is 0 Å². The van der Waals surface area contributed by atoms with Gasteiger partial charge in [0.05, 0.1) is 0 Å². The summed E-state index contributed by atoms with van der Waals surface area (Å²) in [5.74, 6) is 4.51. The van der Waals surface area contributed by atoms with Crippen molar-refractivity contribution in [2.24, 2.45) is 35.5 Å². The molecule has 0 spiro atoms. The molecule has 3 aromatic rings. The van der Waals surface area contributed by atoms with Crippen molar-refractivity contribution in [2.75, 3.05) is 13.2 Å². The normalized spacial score (nSPS) is 28.3. The summed E-state index contributed by atoms with van der Waals surface area (Å²) in [6, 6.07) is 14.1. The number of hydrogen-bond acceptors (Lipinski definition) is 6. The Kier molecular flexibility index (Phi) is 8.19. The quantitative estimate of drug-likeness (QED) is 0.164. The highest BCUT2D eigenvalue weighted by Gasteiger charge is 2.44. The van der Waals surface area contributed by atoms with Crippen molar-refractivity contribution >= 4 is 33.5 Å². The molecule has 4 aliphatic rings. The lowest BCUT2D eigenvalue weighted by Gasteiger charge is -2.27. The third-order valence-corrected chi connectivity index (χ3v) is 11.5. The van der Waals surface area contributed by atoms with Crippen LogP contribution in [0.25, 0.3) is 21.5 Å². The minimum atomic E-state index is -0.338. The second-order valence-corrected chi connectivity index (χ2v) is 14.1. The minimum absolute atomic E-state index is 0.0935. The molecule has 4 fully saturated rings. The van der Waals surface area contributed by atoms with E-state index in [1.54, 1.807) is 0 Å². The van der Waals surface area contributed by atoms with Crippen LogP contribution < -0.4 is 9.47 Å². The Morgan fingerprint density at radius 3 is 1.64 bits per heavy atom. The molecule has 4 bridgehead atoms. The molecule has 0 N–H and O–H groups in total. The highest BCUT2D eigenvalue weighted by Crippen LogP contribution is 2.51. The lowest BCUT2D eigenvalue weighted by atomic mass is 9.85. The van der Waals surface area contributed by atoms with Crippen molar-refractivity contribution in [1.82, 2.24) is 0 Å². The standard InChI is InChI=1S/C38H46O6/c1-4-24-11-14-31-34(17-24)38(42-21-36(40)44-23(3)33-19-26-10-13-28(33)16-26)30-8-6-5-7-29(30)37(31)41-20-35(39)43-22(2)32-18-25-9-12-27(32)15-25/h5-8,11,14,17,22-23,25-28,32-33H,4,9-10,12-13,15-16,18-21H2,1-3H3. The fourth-order valence-corrected chi connectivity index (χ4v) is 9.33. The van der Waals surface area contributed by atoms with E-state index in [0.29, 0.717) is 35.2 Å². The number of esters is 2. The molecule has 3 aromatic carbocycles. The van der Waals surface area contributed by atoms with Crippen LogP contribution in [0.3, 0.4) is 0 Å². The first-order valence-electron chi connectivity index (χ1n) is 17.0. The van der Waals surface area contributed by atoms with Crippen LogP contribution in [0.1, 0.15) is 77.7 Å². The van der Waals surface area contributed by atoms with Gasteiger partial charge in [0.2, 0.25) is 0 Å². The predicted octanol–water partition coefficient (Wildman–Crippen LogP) is 8.05. The largest absolute Gasteiger partial charge is 0.481 e. The van der Waals surface area contributed by atoms with Gasteiger partial charge in [-0.05, 0) is 106 Å². The van der Waals surface area contributed by atoms with E-state index >= 15 is 0 Å². The molecular formula is C38H46O6. The van der Waals surface area contributed by atoms with Crippen LogP contribution in [0.5, 0.6) is 11.5 Å². The van der Waals surface area contributed by atoms with Gasteiger partial charge in [0.25, 0.3) is 0 Å². The summed E-state index contributed by atoms with van der Waals surface area (Å²) >= 11 is 0. The number of fused-ring (bicyclic) bond motifs is 6. The van der Waals surface area contributed by atoms with Gasteiger partial charge in [0, 0.05) is 21.5 Å². The van der Waals surface area contributed by atoms with Gasteiger partial charge in [-0.3, -0.25) is 0 Å². The van der Waals surface area contributed by atoms with E-state index in [4.69, 9.17) is 18.9 Å². The molecule has 8 unspecified atom stereocenters. The lowest BCUT2D eigenvalue weighted by molar-refractivity contribution is -0.155. The second-order valence-electron chi connectivity index (χ2n) is 14.1. The van der Waals surface area contributed by atoms with Crippen LogP contribution in [-0.4, -0.2) is 37.4 Å². The van der Waals surface area contributed by atoms with Gasteiger partial charge >= 0.3 is 11.9 Å². The molecule has 8 atom stereocenters. The van der Waals surface area contributed by atoms with Gasteiger partial charge in [-0.2, -0.15) is 0 Å². The number of carbonyl (C=O) groups is 2. The number of aryl methyl sites for hydroxylation is 1. The van der Waals surface area contributed by atoms with Crippen LogP contribution in [0.4, 0.5) is 0 Å². The van der Waals surface area contributed by atoms with Gasteiger partial charge in [-0.15, -0.1) is 0 Å². The SMILES string of the molecule is CCc1ccc2c(OCC(=O)OC(C)C3CC4CCC3C4)c3ccccc3c(OCC(=O)OC(C)C3CC4CCC3C4)c2c1. The van der Waals surface area contributed by atoms with E-state index in [2.05, 4.69) is 19.1 Å². The van der Waals surface area contributed by atoms with Crippen molar-refractivity contribution in [3.05, 3.63) is 48.0 Å². The van der Waals surface area contributed by atoms with Gasteiger partial charge < -0.3 is 18.9 Å². The summed E-state index contributed by atoms with van der Waals surface area (Å²) in [5.41, 5.74) is 1.15. The van der Waals surface area contributed by atoms with Gasteiger partial charge in [0.1, 0.15) is 23.7 Å². The molecule has 0 aliphatic heterocycles. The zero-order valence-electron chi connectivity index (χ0n) is 26.4. The third kappa shape index (κ3) is 5.65. The Hall–Kier alpha value is -3.28. The number of benzene rings is 3. The van der Waals surface area contributed by atoms with Gasteiger partial charge in [-0.25, -0.2) is 9.59 Å². The Bertz CT molecular complexity index is 1550. The summed E-state index contributed by atoms with van der Waals surface area (Å²) in [5, 5.41) is 3.36. The molecule has 0 saturated heterocycles. The highest BCUT2D eigenvalue weighted by molar-refractivity contribution is 6.11. The average Bonchev–Trinajstić information content (AvgIpc) is 3.85. The van der Waals surface area contributed by atoms with E-state index in [-0.39, 0.29) is 37.4 Å². The zero-order valence-corrected chi connectivity index (χ0v) is 26.4. The van der Waals surface area contributed by atoms with Crippen LogP contribution in [0.15, 0.2) is 42.5 Å². The Balaban J connectivity index is 1.09. The monoisotopic (exact) mass is 598 g/mol. The summed E-state index contributed by atoms with van der Waals surface area (Å²) < 4.78 is 24.4. The highest BCUT2D eigenvalue weighted by atomic mass is 16.6. The summed E-state index contributed by atoms with van der Waals surface area (Å²) in [7, 11) is 0. The van der Waals surface area contributed by atoms with Crippen LogP contribution in [0.2, 0.25) is 0 Å².